The zero-order valence-corrected chi connectivity index (χ0v) is 10.6. The van der Waals surface area contributed by atoms with Gasteiger partial charge < -0.3 is 10.4 Å². The molecule has 16 heavy (non-hydrogen) atoms. The summed E-state index contributed by atoms with van der Waals surface area (Å²) in [4.78, 5) is 22.8. The lowest BCUT2D eigenvalue weighted by molar-refractivity contribution is -0.144. The summed E-state index contributed by atoms with van der Waals surface area (Å²) in [6.07, 6.45) is 2.23. The van der Waals surface area contributed by atoms with Crippen molar-refractivity contribution in [3.63, 3.8) is 0 Å². The number of rotatable bonds is 7. The number of carbonyl (C=O) groups excluding carboxylic acids is 1. The van der Waals surface area contributed by atoms with Crippen molar-refractivity contribution in [2.45, 2.75) is 53.0 Å². The lowest BCUT2D eigenvalue weighted by Crippen LogP contribution is -2.47. The standard InChI is InChI=1S/C12H23NO3/c1-5-8(4)10(12(15)16)13-11(14)9(6-2)7-3/h8-10H,5-7H2,1-4H3,(H,13,14)(H,15,16). The zero-order valence-electron chi connectivity index (χ0n) is 10.6. The number of nitrogens with one attached hydrogen (secondary N) is 1. The molecule has 0 bridgehead atoms. The van der Waals surface area contributed by atoms with Crippen LogP contribution in [0, 0.1) is 11.8 Å². The quantitative estimate of drug-likeness (QED) is 0.702. The first-order valence-electron chi connectivity index (χ1n) is 6.00. The summed E-state index contributed by atoms with van der Waals surface area (Å²) in [5.41, 5.74) is 0. The monoisotopic (exact) mass is 229 g/mol. The Morgan fingerprint density at radius 2 is 1.62 bits per heavy atom. The molecule has 0 fully saturated rings. The highest BCUT2D eigenvalue weighted by atomic mass is 16.4. The molecule has 0 aromatic heterocycles. The number of hydrogen-bond acceptors (Lipinski definition) is 2. The Labute approximate surface area is 97.4 Å². The van der Waals surface area contributed by atoms with Crippen molar-refractivity contribution in [2.24, 2.45) is 11.8 Å². The summed E-state index contributed by atoms with van der Waals surface area (Å²) >= 11 is 0. The van der Waals surface area contributed by atoms with E-state index in [0.29, 0.717) is 0 Å². The van der Waals surface area contributed by atoms with E-state index in [9.17, 15) is 9.59 Å². The van der Waals surface area contributed by atoms with Crippen LogP contribution >= 0.6 is 0 Å². The Kier molecular flexibility index (Phi) is 6.77. The number of carboxylic acid groups (broad SMARTS) is 1. The summed E-state index contributed by atoms with van der Waals surface area (Å²) in [6, 6.07) is -0.766. The minimum atomic E-state index is -0.950. The van der Waals surface area contributed by atoms with Crippen LogP contribution in [0.1, 0.15) is 47.0 Å². The van der Waals surface area contributed by atoms with Crippen LogP contribution in [-0.4, -0.2) is 23.0 Å². The largest absolute Gasteiger partial charge is 0.480 e. The van der Waals surface area contributed by atoms with Crippen LogP contribution in [0.3, 0.4) is 0 Å². The van der Waals surface area contributed by atoms with E-state index in [2.05, 4.69) is 5.32 Å². The fourth-order valence-electron chi connectivity index (χ4n) is 1.61. The predicted octanol–water partition coefficient (Wildman–Crippen LogP) is 2.04. The van der Waals surface area contributed by atoms with Gasteiger partial charge in [-0.05, 0) is 18.8 Å². The molecular weight excluding hydrogens is 206 g/mol. The number of amides is 1. The smallest absolute Gasteiger partial charge is 0.326 e. The van der Waals surface area contributed by atoms with Crippen molar-refractivity contribution in [1.82, 2.24) is 5.32 Å². The summed E-state index contributed by atoms with van der Waals surface area (Å²) in [7, 11) is 0. The molecule has 0 aliphatic rings. The van der Waals surface area contributed by atoms with Crippen LogP contribution in [0.25, 0.3) is 0 Å². The van der Waals surface area contributed by atoms with Gasteiger partial charge in [-0.15, -0.1) is 0 Å². The van der Waals surface area contributed by atoms with E-state index < -0.39 is 12.0 Å². The molecule has 4 heteroatoms. The molecular formula is C12H23NO3. The third-order valence-corrected chi connectivity index (χ3v) is 3.13. The maximum Gasteiger partial charge on any atom is 0.326 e. The minimum Gasteiger partial charge on any atom is -0.480 e. The first-order chi connectivity index (χ1) is 7.47. The third-order valence-electron chi connectivity index (χ3n) is 3.13. The van der Waals surface area contributed by atoms with Crippen LogP contribution in [0.15, 0.2) is 0 Å². The third kappa shape index (κ3) is 4.21. The van der Waals surface area contributed by atoms with Gasteiger partial charge in [0.15, 0.2) is 0 Å². The fraction of sp³-hybridized carbons (Fsp3) is 0.833. The Hall–Kier alpha value is -1.06. The highest BCUT2D eigenvalue weighted by molar-refractivity contribution is 5.85. The molecule has 0 radical (unpaired) electrons. The van der Waals surface area contributed by atoms with Gasteiger partial charge in [-0.2, -0.15) is 0 Å². The van der Waals surface area contributed by atoms with Gasteiger partial charge >= 0.3 is 5.97 Å². The Bertz CT molecular complexity index is 236. The van der Waals surface area contributed by atoms with Gasteiger partial charge in [0.25, 0.3) is 0 Å². The van der Waals surface area contributed by atoms with Crippen LogP contribution < -0.4 is 5.32 Å². The van der Waals surface area contributed by atoms with E-state index in [1.807, 2.05) is 27.7 Å². The molecule has 0 aromatic carbocycles. The van der Waals surface area contributed by atoms with Crippen LogP contribution in [-0.2, 0) is 9.59 Å². The second-order valence-corrected chi connectivity index (χ2v) is 4.22. The summed E-state index contributed by atoms with van der Waals surface area (Å²) in [5, 5.41) is 11.7. The van der Waals surface area contributed by atoms with Crippen molar-refractivity contribution in [1.29, 1.82) is 0 Å². The van der Waals surface area contributed by atoms with E-state index in [0.717, 1.165) is 19.3 Å². The van der Waals surface area contributed by atoms with E-state index in [-0.39, 0.29) is 17.7 Å². The number of carbonyl (C=O) groups is 2. The van der Waals surface area contributed by atoms with Crippen molar-refractivity contribution in [2.75, 3.05) is 0 Å². The molecule has 0 saturated carbocycles. The summed E-state index contributed by atoms with van der Waals surface area (Å²) in [6.45, 7) is 7.63. The molecule has 2 atom stereocenters. The Morgan fingerprint density at radius 3 is 1.94 bits per heavy atom. The molecule has 0 aromatic rings. The zero-order chi connectivity index (χ0) is 12.7. The van der Waals surface area contributed by atoms with Crippen LogP contribution in [0.4, 0.5) is 0 Å². The summed E-state index contributed by atoms with van der Waals surface area (Å²) < 4.78 is 0. The average molecular weight is 229 g/mol. The predicted molar refractivity (Wildman–Crippen MR) is 63.1 cm³/mol. The molecule has 2 N–H and O–H groups in total. The Morgan fingerprint density at radius 1 is 1.12 bits per heavy atom. The van der Waals surface area contributed by atoms with Gasteiger partial charge in [0.1, 0.15) is 6.04 Å². The van der Waals surface area contributed by atoms with Gasteiger partial charge in [-0.25, -0.2) is 4.79 Å². The second-order valence-electron chi connectivity index (χ2n) is 4.22. The molecule has 0 aliphatic carbocycles. The fourth-order valence-corrected chi connectivity index (χ4v) is 1.61. The van der Waals surface area contributed by atoms with E-state index >= 15 is 0 Å². The topological polar surface area (TPSA) is 66.4 Å². The molecule has 0 heterocycles. The molecule has 0 aliphatic heterocycles. The molecule has 94 valence electrons. The molecule has 0 spiro atoms. The molecule has 0 saturated heterocycles. The molecule has 2 unspecified atom stereocenters. The van der Waals surface area contributed by atoms with Gasteiger partial charge in [-0.1, -0.05) is 34.1 Å². The van der Waals surface area contributed by atoms with Gasteiger partial charge in [0, 0.05) is 5.92 Å². The number of hydrogen-bond donors (Lipinski definition) is 2. The van der Waals surface area contributed by atoms with Gasteiger partial charge in [0.2, 0.25) is 5.91 Å². The van der Waals surface area contributed by atoms with Crippen LogP contribution in [0.5, 0.6) is 0 Å². The highest BCUT2D eigenvalue weighted by Crippen LogP contribution is 2.12. The summed E-state index contributed by atoms with van der Waals surface area (Å²) in [5.74, 6) is -1.21. The first kappa shape index (κ1) is 14.9. The maximum atomic E-state index is 11.8. The minimum absolute atomic E-state index is 0.0455. The maximum absolute atomic E-state index is 11.8. The normalized spacial score (nSPS) is 14.6. The van der Waals surface area contributed by atoms with Crippen LogP contribution in [0.2, 0.25) is 0 Å². The van der Waals surface area contributed by atoms with Crippen molar-refractivity contribution >= 4 is 11.9 Å². The molecule has 1 amide bonds. The van der Waals surface area contributed by atoms with E-state index in [1.165, 1.54) is 0 Å². The highest BCUT2D eigenvalue weighted by Gasteiger charge is 2.27. The number of aliphatic carboxylic acids is 1. The number of carboxylic acids is 1. The van der Waals surface area contributed by atoms with Crippen molar-refractivity contribution in [3.05, 3.63) is 0 Å². The lowest BCUT2D eigenvalue weighted by atomic mass is 9.97. The van der Waals surface area contributed by atoms with Gasteiger partial charge in [-0.3, -0.25) is 4.79 Å². The average Bonchev–Trinajstić information content (AvgIpc) is 2.26. The second kappa shape index (κ2) is 7.25. The van der Waals surface area contributed by atoms with E-state index in [4.69, 9.17) is 5.11 Å². The van der Waals surface area contributed by atoms with E-state index in [1.54, 1.807) is 0 Å². The Balaban J connectivity index is 4.51. The van der Waals surface area contributed by atoms with Crippen molar-refractivity contribution < 1.29 is 14.7 Å². The lowest BCUT2D eigenvalue weighted by Gasteiger charge is -2.22. The SMILES string of the molecule is CCC(CC)C(=O)NC(C(=O)O)C(C)CC. The van der Waals surface area contributed by atoms with Gasteiger partial charge in [0.05, 0.1) is 0 Å². The molecule has 4 nitrogen and oxygen atoms in total. The van der Waals surface area contributed by atoms with Crippen molar-refractivity contribution in [3.8, 4) is 0 Å². The first-order valence-corrected chi connectivity index (χ1v) is 6.00. The molecule has 0 rings (SSSR count).